The van der Waals surface area contributed by atoms with Crippen LogP contribution in [0, 0.1) is 6.92 Å². The fraction of sp³-hybridized carbons (Fsp3) is 0.440. The van der Waals surface area contributed by atoms with Gasteiger partial charge in [0, 0.05) is 0 Å². The maximum atomic E-state index is 13.0. The molecule has 0 radical (unpaired) electrons. The first-order valence-corrected chi connectivity index (χ1v) is 11.1. The van der Waals surface area contributed by atoms with Crippen LogP contribution < -0.4 is 15.4 Å². The minimum absolute atomic E-state index is 0.0172. The zero-order chi connectivity index (χ0) is 21.8. The summed E-state index contributed by atoms with van der Waals surface area (Å²) in [5.74, 6) is 0.531. The van der Waals surface area contributed by atoms with Crippen LogP contribution in [0.3, 0.4) is 0 Å². The zero-order valence-electron chi connectivity index (χ0n) is 18.3. The topological polar surface area (TPSA) is 70.7 Å². The molecule has 2 aliphatic rings. The summed E-state index contributed by atoms with van der Waals surface area (Å²) < 4.78 is 5.38. The Morgan fingerprint density at radius 3 is 2.58 bits per heavy atom. The van der Waals surface area contributed by atoms with Crippen LogP contribution in [0.2, 0.25) is 0 Å². The maximum absolute atomic E-state index is 13.0. The molecule has 0 bridgehead atoms. The van der Waals surface area contributed by atoms with Gasteiger partial charge in [-0.1, -0.05) is 36.4 Å². The Morgan fingerprint density at radius 1 is 1.13 bits per heavy atom. The number of methoxy groups -OCH3 is 1. The van der Waals surface area contributed by atoms with Gasteiger partial charge in [-0.25, -0.2) is 0 Å². The molecule has 4 rings (SSSR count). The third-order valence-corrected chi connectivity index (χ3v) is 6.54. The summed E-state index contributed by atoms with van der Waals surface area (Å²) in [6, 6.07) is 15.6. The second-order valence-corrected chi connectivity index (χ2v) is 8.67. The number of anilines is 1. The maximum Gasteiger partial charge on any atom is 0.241 e. The summed E-state index contributed by atoms with van der Waals surface area (Å²) in [6.45, 7) is 2.96. The number of hydrogen-bond acceptors (Lipinski definition) is 4. The predicted molar refractivity (Wildman–Crippen MR) is 121 cm³/mol. The van der Waals surface area contributed by atoms with Crippen LogP contribution in [0.15, 0.2) is 48.5 Å². The van der Waals surface area contributed by atoms with E-state index in [-0.39, 0.29) is 29.9 Å². The molecule has 1 unspecified atom stereocenters. The van der Waals surface area contributed by atoms with Gasteiger partial charge < -0.3 is 15.4 Å². The van der Waals surface area contributed by atoms with Crippen LogP contribution in [0.25, 0.3) is 0 Å². The summed E-state index contributed by atoms with van der Waals surface area (Å²) in [5.41, 5.74) is 2.62. The number of carbonyl (C=O) groups is 2. The van der Waals surface area contributed by atoms with Crippen molar-refractivity contribution in [3.8, 4) is 5.75 Å². The van der Waals surface area contributed by atoms with Gasteiger partial charge in [0.15, 0.2) is 0 Å². The van der Waals surface area contributed by atoms with Gasteiger partial charge in [-0.05, 0) is 68.8 Å². The molecule has 2 aromatic rings. The smallest absolute Gasteiger partial charge is 0.241 e. The molecule has 1 aliphatic heterocycles. The van der Waals surface area contributed by atoms with Crippen molar-refractivity contribution in [2.75, 3.05) is 25.5 Å². The highest BCUT2D eigenvalue weighted by atomic mass is 16.5. The molecule has 6 nitrogen and oxygen atoms in total. The number of likely N-dealkylation sites (tertiary alicyclic amines) is 1. The van der Waals surface area contributed by atoms with E-state index in [1.807, 2.05) is 48.2 Å². The van der Waals surface area contributed by atoms with E-state index in [0.29, 0.717) is 11.4 Å². The molecule has 2 aromatic carbocycles. The van der Waals surface area contributed by atoms with Gasteiger partial charge in [0.2, 0.25) is 11.8 Å². The van der Waals surface area contributed by atoms with Gasteiger partial charge in [0.1, 0.15) is 5.75 Å². The van der Waals surface area contributed by atoms with Crippen molar-refractivity contribution in [2.24, 2.45) is 0 Å². The van der Waals surface area contributed by atoms with E-state index in [9.17, 15) is 9.59 Å². The summed E-state index contributed by atoms with van der Waals surface area (Å²) in [5, 5.41) is 6.28. The highest BCUT2D eigenvalue weighted by Gasteiger charge is 2.41. The summed E-state index contributed by atoms with van der Waals surface area (Å²) in [7, 11) is 1.59. The largest absolute Gasteiger partial charge is 0.495 e. The van der Waals surface area contributed by atoms with Crippen molar-refractivity contribution in [3.05, 3.63) is 59.7 Å². The quantitative estimate of drug-likeness (QED) is 0.717. The van der Waals surface area contributed by atoms with Crippen LogP contribution in [0.4, 0.5) is 5.69 Å². The second-order valence-electron chi connectivity index (χ2n) is 8.67. The van der Waals surface area contributed by atoms with Gasteiger partial charge in [-0.15, -0.1) is 0 Å². The average Bonchev–Trinajstić information content (AvgIpc) is 3.19. The zero-order valence-corrected chi connectivity index (χ0v) is 18.3. The van der Waals surface area contributed by atoms with Gasteiger partial charge in [-0.3, -0.25) is 14.5 Å². The van der Waals surface area contributed by atoms with Gasteiger partial charge in [-0.2, -0.15) is 0 Å². The summed E-state index contributed by atoms with van der Waals surface area (Å²) >= 11 is 0. The monoisotopic (exact) mass is 421 g/mol. The molecule has 2 amide bonds. The molecule has 1 heterocycles. The Morgan fingerprint density at radius 2 is 1.90 bits per heavy atom. The molecule has 1 atom stereocenters. The van der Waals surface area contributed by atoms with E-state index < -0.39 is 0 Å². The van der Waals surface area contributed by atoms with Crippen molar-refractivity contribution in [1.82, 2.24) is 10.2 Å². The Bertz CT molecular complexity index is 940. The highest BCUT2D eigenvalue weighted by Crippen LogP contribution is 2.41. The lowest BCUT2D eigenvalue weighted by Gasteiger charge is -2.43. The minimum atomic E-state index is -0.315. The Balaban J connectivity index is 1.40. The molecular weight excluding hydrogens is 390 g/mol. The van der Waals surface area contributed by atoms with E-state index in [1.54, 1.807) is 7.11 Å². The Labute approximate surface area is 184 Å². The van der Waals surface area contributed by atoms with Crippen LogP contribution in [-0.2, 0) is 15.1 Å². The molecule has 6 heteroatoms. The lowest BCUT2D eigenvalue weighted by atomic mass is 9.72. The molecule has 1 saturated carbocycles. The molecular formula is C25H31N3O3. The molecule has 2 N–H and O–H groups in total. The molecule has 0 spiro atoms. The van der Waals surface area contributed by atoms with Gasteiger partial charge >= 0.3 is 0 Å². The number of ether oxygens (including phenoxy) is 1. The SMILES string of the molecule is COc1ccc(C)cc1NC(=O)C1CCCN1CC(=O)NC1(c2ccccc2)CCC1. The first-order chi connectivity index (χ1) is 15.0. The summed E-state index contributed by atoms with van der Waals surface area (Å²) in [6.07, 6.45) is 4.68. The second kappa shape index (κ2) is 9.10. The van der Waals surface area contributed by atoms with E-state index in [2.05, 4.69) is 22.8 Å². The minimum Gasteiger partial charge on any atom is -0.495 e. The predicted octanol–water partition coefficient (Wildman–Crippen LogP) is 3.60. The highest BCUT2D eigenvalue weighted by molar-refractivity contribution is 5.96. The van der Waals surface area contributed by atoms with E-state index in [1.165, 1.54) is 0 Å². The number of rotatable bonds is 7. The molecule has 1 aliphatic carbocycles. The molecule has 31 heavy (non-hydrogen) atoms. The van der Waals surface area contributed by atoms with Crippen LogP contribution >= 0.6 is 0 Å². The number of benzene rings is 2. The van der Waals surface area contributed by atoms with E-state index >= 15 is 0 Å². The fourth-order valence-corrected chi connectivity index (χ4v) is 4.71. The molecule has 2 fully saturated rings. The molecule has 164 valence electrons. The molecule has 1 saturated heterocycles. The third-order valence-electron chi connectivity index (χ3n) is 6.54. The first-order valence-electron chi connectivity index (χ1n) is 11.1. The lowest BCUT2D eigenvalue weighted by Crippen LogP contribution is -2.54. The first kappa shape index (κ1) is 21.4. The van der Waals surface area contributed by atoms with Gasteiger partial charge in [0.05, 0.1) is 30.9 Å². The Kier molecular flexibility index (Phi) is 6.28. The number of nitrogens with one attached hydrogen (secondary N) is 2. The normalized spacial score (nSPS) is 20.0. The van der Waals surface area contributed by atoms with Crippen molar-refractivity contribution in [2.45, 2.75) is 50.6 Å². The summed E-state index contributed by atoms with van der Waals surface area (Å²) in [4.78, 5) is 28.0. The number of amides is 2. The number of nitrogens with zero attached hydrogens (tertiary/aromatic N) is 1. The van der Waals surface area contributed by atoms with Crippen LogP contribution in [0.1, 0.15) is 43.2 Å². The number of carbonyl (C=O) groups excluding carboxylic acids is 2. The fourth-order valence-electron chi connectivity index (χ4n) is 4.71. The Hall–Kier alpha value is -2.86. The van der Waals surface area contributed by atoms with E-state index in [4.69, 9.17) is 4.74 Å². The van der Waals surface area contributed by atoms with Gasteiger partial charge in [0.25, 0.3) is 0 Å². The number of hydrogen-bond donors (Lipinski definition) is 2. The standard InChI is InChI=1S/C25H31N3O3/c1-18-11-12-22(31-2)20(16-18)26-24(30)21-10-6-15-28(21)17-23(29)27-25(13-7-14-25)19-8-4-3-5-9-19/h3-5,8-9,11-12,16,21H,6-7,10,13-15,17H2,1-2H3,(H,26,30)(H,27,29). The van der Waals surface area contributed by atoms with Crippen molar-refractivity contribution in [1.29, 1.82) is 0 Å². The van der Waals surface area contributed by atoms with Crippen molar-refractivity contribution < 1.29 is 14.3 Å². The van der Waals surface area contributed by atoms with Crippen LogP contribution in [0.5, 0.6) is 5.75 Å². The third kappa shape index (κ3) is 4.59. The number of aryl methyl sites for hydroxylation is 1. The van der Waals surface area contributed by atoms with Crippen molar-refractivity contribution >= 4 is 17.5 Å². The van der Waals surface area contributed by atoms with Crippen molar-refractivity contribution in [3.63, 3.8) is 0 Å². The lowest BCUT2D eigenvalue weighted by molar-refractivity contribution is -0.127. The molecule has 0 aromatic heterocycles. The van der Waals surface area contributed by atoms with E-state index in [0.717, 1.165) is 49.8 Å². The average molecular weight is 422 g/mol. The van der Waals surface area contributed by atoms with Crippen LogP contribution in [-0.4, -0.2) is 43.0 Å².